The molecule has 0 spiro atoms. The van der Waals surface area contributed by atoms with Gasteiger partial charge in [0.05, 0.1) is 5.39 Å². The van der Waals surface area contributed by atoms with Gasteiger partial charge < -0.3 is 10.4 Å². The van der Waals surface area contributed by atoms with Gasteiger partial charge in [0.1, 0.15) is 21.9 Å². The minimum absolute atomic E-state index is 0.326. The summed E-state index contributed by atoms with van der Waals surface area (Å²) in [6.07, 6.45) is 2.38. The normalized spacial score (nSPS) is 10.9. The highest BCUT2D eigenvalue weighted by Crippen LogP contribution is 2.33. The molecule has 0 saturated carbocycles. The molecule has 0 saturated heterocycles. The zero-order valence-electron chi connectivity index (χ0n) is 11.3. The predicted molar refractivity (Wildman–Crippen MR) is 85.6 cm³/mol. The summed E-state index contributed by atoms with van der Waals surface area (Å²) in [7, 11) is 0. The topological polar surface area (TPSA) is 75.1 Å². The third-order valence-corrected chi connectivity index (χ3v) is 5.29. The van der Waals surface area contributed by atoms with E-state index >= 15 is 0 Å². The van der Waals surface area contributed by atoms with Crippen molar-refractivity contribution >= 4 is 44.7 Å². The number of rotatable bonds is 5. The average Bonchev–Trinajstić information content (AvgIpc) is 3.07. The first kappa shape index (κ1) is 14.0. The molecule has 0 aromatic carbocycles. The monoisotopic (exact) mass is 319 g/mol. The smallest absolute Gasteiger partial charge is 0.346 e. The zero-order valence-corrected chi connectivity index (χ0v) is 12.9. The summed E-state index contributed by atoms with van der Waals surface area (Å²) in [6, 6.07) is 4.13. The summed E-state index contributed by atoms with van der Waals surface area (Å²) in [5.74, 6) is -0.210. The fourth-order valence-corrected chi connectivity index (χ4v) is 3.87. The fraction of sp³-hybridized carbons (Fsp3) is 0.214. The molecule has 3 heterocycles. The Labute approximate surface area is 129 Å². The van der Waals surface area contributed by atoms with Crippen molar-refractivity contribution in [2.45, 2.75) is 13.3 Å². The van der Waals surface area contributed by atoms with Gasteiger partial charge in [0.2, 0.25) is 0 Å². The van der Waals surface area contributed by atoms with Crippen LogP contribution in [0.2, 0.25) is 0 Å². The second-order valence-electron chi connectivity index (χ2n) is 4.52. The summed E-state index contributed by atoms with van der Waals surface area (Å²) < 4.78 is 0. The molecule has 0 aliphatic carbocycles. The Morgan fingerprint density at radius 1 is 1.43 bits per heavy atom. The standard InChI is InChI=1S/C14H13N3O2S2/c1-8-10-12(15-5-4-9-3-2-6-20-9)16-7-17-13(10)21-11(8)14(18)19/h2-3,6-7H,4-5H2,1H3,(H,18,19)(H,15,16,17). The van der Waals surface area contributed by atoms with Gasteiger partial charge in [-0.1, -0.05) is 6.07 Å². The Kier molecular flexibility index (Phi) is 3.85. The predicted octanol–water partition coefficient (Wildman–Crippen LogP) is 3.41. The quantitative estimate of drug-likeness (QED) is 0.754. The van der Waals surface area contributed by atoms with Crippen LogP contribution in [0.3, 0.4) is 0 Å². The van der Waals surface area contributed by atoms with Crippen LogP contribution < -0.4 is 5.32 Å². The van der Waals surface area contributed by atoms with Crippen LogP contribution in [0.25, 0.3) is 10.2 Å². The van der Waals surface area contributed by atoms with E-state index < -0.39 is 5.97 Å². The molecule has 3 aromatic heterocycles. The van der Waals surface area contributed by atoms with Crippen molar-refractivity contribution < 1.29 is 9.90 Å². The molecule has 0 amide bonds. The van der Waals surface area contributed by atoms with Crippen molar-refractivity contribution in [2.24, 2.45) is 0 Å². The SMILES string of the molecule is Cc1c(C(=O)O)sc2ncnc(NCCc3cccs3)c12. The average molecular weight is 319 g/mol. The molecule has 2 N–H and O–H groups in total. The maximum absolute atomic E-state index is 11.2. The van der Waals surface area contributed by atoms with Crippen molar-refractivity contribution in [3.63, 3.8) is 0 Å². The Morgan fingerprint density at radius 3 is 3.00 bits per heavy atom. The first-order valence-corrected chi connectivity index (χ1v) is 8.10. The molecule has 0 aliphatic heterocycles. The van der Waals surface area contributed by atoms with Crippen LogP contribution in [0.4, 0.5) is 5.82 Å². The molecule has 0 aliphatic rings. The van der Waals surface area contributed by atoms with E-state index in [2.05, 4.69) is 26.7 Å². The summed E-state index contributed by atoms with van der Waals surface area (Å²) in [5, 5.41) is 15.4. The summed E-state index contributed by atoms with van der Waals surface area (Å²) in [4.78, 5) is 22.0. The van der Waals surface area contributed by atoms with E-state index in [0.29, 0.717) is 15.5 Å². The number of carboxylic acid groups (broad SMARTS) is 1. The van der Waals surface area contributed by atoms with Gasteiger partial charge in [-0.05, 0) is 30.4 Å². The van der Waals surface area contributed by atoms with Crippen molar-refractivity contribution in [2.75, 3.05) is 11.9 Å². The van der Waals surface area contributed by atoms with E-state index in [1.54, 1.807) is 18.3 Å². The molecular formula is C14H13N3O2S2. The van der Waals surface area contributed by atoms with Crippen LogP contribution in [0, 0.1) is 6.92 Å². The minimum Gasteiger partial charge on any atom is -0.477 e. The maximum Gasteiger partial charge on any atom is 0.346 e. The largest absolute Gasteiger partial charge is 0.477 e. The number of hydrogen-bond acceptors (Lipinski definition) is 6. The fourth-order valence-electron chi connectivity index (χ4n) is 2.17. The van der Waals surface area contributed by atoms with Gasteiger partial charge in [0.25, 0.3) is 0 Å². The van der Waals surface area contributed by atoms with Gasteiger partial charge in [-0.25, -0.2) is 14.8 Å². The Hall–Kier alpha value is -1.99. The number of aromatic nitrogens is 2. The first-order valence-electron chi connectivity index (χ1n) is 6.40. The van der Waals surface area contributed by atoms with Crippen molar-refractivity contribution in [1.29, 1.82) is 0 Å². The zero-order chi connectivity index (χ0) is 14.8. The molecule has 0 atom stereocenters. The number of carboxylic acids is 1. The first-order chi connectivity index (χ1) is 10.2. The Morgan fingerprint density at radius 2 is 2.29 bits per heavy atom. The number of hydrogen-bond donors (Lipinski definition) is 2. The van der Waals surface area contributed by atoms with Gasteiger partial charge in [0, 0.05) is 11.4 Å². The number of anilines is 1. The lowest BCUT2D eigenvalue weighted by atomic mass is 10.2. The number of carbonyl (C=O) groups is 1. The molecule has 0 fully saturated rings. The Bertz CT molecular complexity index is 781. The maximum atomic E-state index is 11.2. The van der Waals surface area contributed by atoms with E-state index in [4.69, 9.17) is 0 Å². The second-order valence-corrected chi connectivity index (χ2v) is 6.55. The number of aryl methyl sites for hydroxylation is 1. The molecule has 0 bridgehead atoms. The molecule has 3 aromatic rings. The highest BCUT2D eigenvalue weighted by molar-refractivity contribution is 7.20. The van der Waals surface area contributed by atoms with Crippen molar-refractivity contribution in [1.82, 2.24) is 9.97 Å². The number of thiophene rings is 2. The number of fused-ring (bicyclic) bond motifs is 1. The van der Waals surface area contributed by atoms with E-state index in [0.717, 1.165) is 23.9 Å². The lowest BCUT2D eigenvalue weighted by molar-refractivity contribution is 0.0701. The lowest BCUT2D eigenvalue weighted by Gasteiger charge is -2.06. The summed E-state index contributed by atoms with van der Waals surface area (Å²) in [6.45, 7) is 2.56. The van der Waals surface area contributed by atoms with Gasteiger partial charge in [0.15, 0.2) is 0 Å². The molecule has 0 unspecified atom stereocenters. The van der Waals surface area contributed by atoms with Crippen LogP contribution in [-0.4, -0.2) is 27.6 Å². The number of nitrogens with one attached hydrogen (secondary N) is 1. The van der Waals surface area contributed by atoms with E-state index in [9.17, 15) is 9.90 Å². The molecule has 3 rings (SSSR count). The third kappa shape index (κ3) is 2.74. The lowest BCUT2D eigenvalue weighted by Crippen LogP contribution is -2.06. The van der Waals surface area contributed by atoms with E-state index in [1.807, 2.05) is 6.07 Å². The van der Waals surface area contributed by atoms with Crippen LogP contribution in [-0.2, 0) is 6.42 Å². The van der Waals surface area contributed by atoms with Crippen LogP contribution in [0.1, 0.15) is 20.1 Å². The van der Waals surface area contributed by atoms with Gasteiger partial charge in [-0.2, -0.15) is 0 Å². The van der Waals surface area contributed by atoms with Crippen LogP contribution in [0.5, 0.6) is 0 Å². The minimum atomic E-state index is -0.917. The molecule has 5 nitrogen and oxygen atoms in total. The molecule has 7 heteroatoms. The third-order valence-electron chi connectivity index (χ3n) is 3.17. The Balaban J connectivity index is 1.86. The number of nitrogens with zero attached hydrogens (tertiary/aromatic N) is 2. The number of aromatic carboxylic acids is 1. The van der Waals surface area contributed by atoms with Gasteiger partial charge in [-0.15, -0.1) is 22.7 Å². The highest BCUT2D eigenvalue weighted by Gasteiger charge is 2.18. The van der Waals surface area contributed by atoms with E-state index in [-0.39, 0.29) is 0 Å². The van der Waals surface area contributed by atoms with Gasteiger partial charge >= 0.3 is 5.97 Å². The van der Waals surface area contributed by atoms with Gasteiger partial charge in [-0.3, -0.25) is 0 Å². The molecule has 0 radical (unpaired) electrons. The molecule has 108 valence electrons. The van der Waals surface area contributed by atoms with Crippen LogP contribution >= 0.6 is 22.7 Å². The second kappa shape index (κ2) is 5.79. The summed E-state index contributed by atoms with van der Waals surface area (Å²) >= 11 is 2.91. The molecule has 21 heavy (non-hydrogen) atoms. The van der Waals surface area contributed by atoms with E-state index in [1.165, 1.54) is 22.5 Å². The molecular weight excluding hydrogens is 306 g/mol. The van der Waals surface area contributed by atoms with Crippen molar-refractivity contribution in [3.8, 4) is 0 Å². The highest BCUT2D eigenvalue weighted by atomic mass is 32.1. The summed E-state index contributed by atoms with van der Waals surface area (Å²) in [5.41, 5.74) is 0.724. The van der Waals surface area contributed by atoms with Crippen molar-refractivity contribution in [3.05, 3.63) is 39.2 Å². The van der Waals surface area contributed by atoms with Crippen LogP contribution in [0.15, 0.2) is 23.8 Å².